The molecule has 0 bridgehead atoms. The molecule has 29 heavy (non-hydrogen) atoms. The molecule has 0 aliphatic carbocycles. The number of nitro groups is 1. The molecule has 8 heteroatoms. The Hall–Kier alpha value is -4.07. The zero-order valence-electron chi connectivity index (χ0n) is 15.6. The van der Waals surface area contributed by atoms with Crippen molar-refractivity contribution in [3.05, 3.63) is 88.1 Å². The van der Waals surface area contributed by atoms with Gasteiger partial charge in [0.05, 0.1) is 4.92 Å². The molecular weight excluding hydrogens is 370 g/mol. The second-order valence-corrected chi connectivity index (χ2v) is 6.47. The summed E-state index contributed by atoms with van der Waals surface area (Å²) >= 11 is 0. The van der Waals surface area contributed by atoms with Gasteiger partial charge in [0.25, 0.3) is 11.6 Å². The predicted molar refractivity (Wildman–Crippen MR) is 108 cm³/mol. The van der Waals surface area contributed by atoms with E-state index < -0.39 is 4.92 Å². The Kier molecular flexibility index (Phi) is 4.98. The van der Waals surface area contributed by atoms with Crippen LogP contribution >= 0.6 is 0 Å². The van der Waals surface area contributed by atoms with Crippen molar-refractivity contribution in [2.24, 2.45) is 0 Å². The van der Waals surface area contributed by atoms with E-state index in [0.717, 1.165) is 11.1 Å². The lowest BCUT2D eigenvalue weighted by atomic mass is 10.1. The van der Waals surface area contributed by atoms with E-state index in [4.69, 9.17) is 4.52 Å². The van der Waals surface area contributed by atoms with Gasteiger partial charge < -0.3 is 9.84 Å². The van der Waals surface area contributed by atoms with Crippen molar-refractivity contribution in [2.75, 3.05) is 5.32 Å². The van der Waals surface area contributed by atoms with E-state index in [1.807, 2.05) is 37.3 Å². The zero-order valence-corrected chi connectivity index (χ0v) is 15.6. The number of aryl methyl sites for hydroxylation is 1. The average molecular weight is 387 g/mol. The molecule has 0 aliphatic rings. The van der Waals surface area contributed by atoms with Crippen LogP contribution in [-0.2, 0) is 6.54 Å². The van der Waals surface area contributed by atoms with Gasteiger partial charge in [-0.2, -0.15) is 4.98 Å². The molecule has 0 amide bonds. The highest BCUT2D eigenvalue weighted by molar-refractivity contribution is 5.70. The largest absolute Gasteiger partial charge is 0.375 e. The number of rotatable bonds is 6. The maximum Gasteiger partial charge on any atom is 0.293 e. The van der Waals surface area contributed by atoms with Gasteiger partial charge in [-0.3, -0.25) is 15.1 Å². The first-order chi connectivity index (χ1) is 14.1. The molecule has 144 valence electrons. The molecule has 4 rings (SSSR count). The minimum Gasteiger partial charge on any atom is -0.375 e. The minimum atomic E-state index is -0.434. The SMILES string of the molecule is Cc1ccc(CNc2ccc(-c3nc(-c4ccccn4)no3)cc2[N+](=O)[O-])cc1. The van der Waals surface area contributed by atoms with Crippen LogP contribution in [0.4, 0.5) is 11.4 Å². The van der Waals surface area contributed by atoms with Crippen LogP contribution in [0.3, 0.4) is 0 Å². The summed E-state index contributed by atoms with van der Waals surface area (Å²) in [7, 11) is 0. The number of aromatic nitrogens is 3. The number of hydrogen-bond donors (Lipinski definition) is 1. The van der Waals surface area contributed by atoms with E-state index in [1.165, 1.54) is 6.07 Å². The van der Waals surface area contributed by atoms with Crippen LogP contribution < -0.4 is 5.32 Å². The number of nitrogens with zero attached hydrogens (tertiary/aromatic N) is 4. The van der Waals surface area contributed by atoms with Crippen LogP contribution in [0, 0.1) is 17.0 Å². The van der Waals surface area contributed by atoms with Gasteiger partial charge in [-0.1, -0.05) is 41.1 Å². The first-order valence-electron chi connectivity index (χ1n) is 8.93. The fraction of sp³-hybridized carbons (Fsp3) is 0.0952. The molecular formula is C21H17N5O3. The highest BCUT2D eigenvalue weighted by Crippen LogP contribution is 2.31. The summed E-state index contributed by atoms with van der Waals surface area (Å²) in [4.78, 5) is 19.6. The van der Waals surface area contributed by atoms with Crippen molar-refractivity contribution >= 4 is 11.4 Å². The van der Waals surface area contributed by atoms with Crippen molar-refractivity contribution in [1.82, 2.24) is 15.1 Å². The van der Waals surface area contributed by atoms with Gasteiger partial charge in [0.2, 0.25) is 5.82 Å². The van der Waals surface area contributed by atoms with Gasteiger partial charge in [-0.05, 0) is 36.8 Å². The van der Waals surface area contributed by atoms with Crippen molar-refractivity contribution in [3.63, 3.8) is 0 Å². The lowest BCUT2D eigenvalue weighted by Gasteiger charge is -2.08. The second-order valence-electron chi connectivity index (χ2n) is 6.47. The molecule has 0 saturated heterocycles. The standard InChI is InChI=1S/C21H17N5O3/c1-14-5-7-15(8-6-14)13-23-17-10-9-16(12-19(17)26(27)28)21-24-20(25-29-21)18-4-2-3-11-22-18/h2-12,23H,13H2,1H3. The highest BCUT2D eigenvalue weighted by Gasteiger charge is 2.18. The molecule has 0 atom stereocenters. The van der Waals surface area contributed by atoms with Gasteiger partial charge in [-0.25, -0.2) is 0 Å². The summed E-state index contributed by atoms with van der Waals surface area (Å²) in [5, 5.41) is 18.6. The fourth-order valence-electron chi connectivity index (χ4n) is 2.81. The summed E-state index contributed by atoms with van der Waals surface area (Å²) in [6.07, 6.45) is 1.63. The monoisotopic (exact) mass is 387 g/mol. The Morgan fingerprint density at radius 1 is 1.10 bits per heavy atom. The third kappa shape index (κ3) is 4.11. The average Bonchev–Trinajstić information content (AvgIpc) is 3.24. The number of nitrogens with one attached hydrogen (secondary N) is 1. The zero-order chi connectivity index (χ0) is 20.2. The van der Waals surface area contributed by atoms with Crippen LogP contribution in [0.5, 0.6) is 0 Å². The molecule has 1 N–H and O–H groups in total. The molecule has 0 fully saturated rings. The Balaban J connectivity index is 1.58. The first kappa shape index (κ1) is 18.3. The number of anilines is 1. The predicted octanol–water partition coefficient (Wildman–Crippen LogP) is 4.63. The second kappa shape index (κ2) is 7.89. The lowest BCUT2D eigenvalue weighted by Crippen LogP contribution is -2.03. The summed E-state index contributed by atoms with van der Waals surface area (Å²) in [6.45, 7) is 2.49. The number of pyridine rings is 1. The van der Waals surface area contributed by atoms with Crippen LogP contribution in [-0.4, -0.2) is 20.0 Å². The Labute approximate surface area is 166 Å². The Morgan fingerprint density at radius 2 is 1.93 bits per heavy atom. The number of nitro benzene ring substituents is 1. The van der Waals surface area contributed by atoms with Crippen LogP contribution in [0.15, 0.2) is 71.4 Å². The van der Waals surface area contributed by atoms with Gasteiger partial charge >= 0.3 is 0 Å². The first-order valence-corrected chi connectivity index (χ1v) is 8.93. The van der Waals surface area contributed by atoms with Crippen LogP contribution in [0.2, 0.25) is 0 Å². The summed E-state index contributed by atoms with van der Waals surface area (Å²) in [6, 6.07) is 18.1. The quantitative estimate of drug-likeness (QED) is 0.380. The lowest BCUT2D eigenvalue weighted by molar-refractivity contribution is -0.383. The van der Waals surface area contributed by atoms with E-state index in [1.54, 1.807) is 30.5 Å². The summed E-state index contributed by atoms with van der Waals surface area (Å²) in [5.74, 6) is 0.517. The smallest absolute Gasteiger partial charge is 0.293 e. The highest BCUT2D eigenvalue weighted by atomic mass is 16.6. The van der Waals surface area contributed by atoms with Gasteiger partial charge in [0.15, 0.2) is 0 Å². The van der Waals surface area contributed by atoms with Crippen molar-refractivity contribution in [2.45, 2.75) is 13.5 Å². The van der Waals surface area contributed by atoms with E-state index in [0.29, 0.717) is 29.3 Å². The third-order valence-corrected chi connectivity index (χ3v) is 4.36. The van der Waals surface area contributed by atoms with E-state index in [9.17, 15) is 10.1 Å². The molecule has 8 nitrogen and oxygen atoms in total. The number of hydrogen-bond acceptors (Lipinski definition) is 7. The molecule has 0 unspecified atom stereocenters. The third-order valence-electron chi connectivity index (χ3n) is 4.36. The fourth-order valence-corrected chi connectivity index (χ4v) is 2.81. The summed E-state index contributed by atoms with van der Waals surface area (Å²) in [5.41, 5.74) is 3.58. The molecule has 0 saturated carbocycles. The van der Waals surface area contributed by atoms with Crippen molar-refractivity contribution in [1.29, 1.82) is 0 Å². The molecule has 2 aromatic carbocycles. The van der Waals surface area contributed by atoms with E-state index in [-0.39, 0.29) is 11.6 Å². The van der Waals surface area contributed by atoms with Crippen LogP contribution in [0.25, 0.3) is 23.0 Å². The molecule has 2 heterocycles. The van der Waals surface area contributed by atoms with E-state index >= 15 is 0 Å². The van der Waals surface area contributed by atoms with Gasteiger partial charge in [-0.15, -0.1) is 0 Å². The molecule has 0 spiro atoms. The van der Waals surface area contributed by atoms with E-state index in [2.05, 4.69) is 20.4 Å². The van der Waals surface area contributed by atoms with Crippen molar-refractivity contribution in [3.8, 4) is 23.0 Å². The topological polar surface area (TPSA) is 107 Å². The van der Waals surface area contributed by atoms with Crippen molar-refractivity contribution < 1.29 is 9.45 Å². The molecule has 0 radical (unpaired) electrons. The summed E-state index contributed by atoms with van der Waals surface area (Å²) < 4.78 is 5.28. The molecule has 2 aromatic heterocycles. The maximum absolute atomic E-state index is 11.6. The minimum absolute atomic E-state index is 0.0628. The maximum atomic E-state index is 11.6. The number of benzene rings is 2. The normalized spacial score (nSPS) is 10.7. The van der Waals surface area contributed by atoms with Gasteiger partial charge in [0, 0.05) is 24.4 Å². The molecule has 4 aromatic rings. The Bertz CT molecular complexity index is 1140. The Morgan fingerprint density at radius 3 is 2.66 bits per heavy atom. The van der Waals surface area contributed by atoms with Crippen LogP contribution in [0.1, 0.15) is 11.1 Å². The van der Waals surface area contributed by atoms with Gasteiger partial charge in [0.1, 0.15) is 11.4 Å². The molecule has 0 aliphatic heterocycles.